The van der Waals surface area contributed by atoms with Gasteiger partial charge in [-0.15, -0.1) is 0 Å². The van der Waals surface area contributed by atoms with Crippen molar-refractivity contribution in [2.75, 3.05) is 38.2 Å². The van der Waals surface area contributed by atoms with E-state index in [0.29, 0.717) is 54.9 Å². The molecular weight excluding hydrogens is 462 g/mol. The summed E-state index contributed by atoms with van der Waals surface area (Å²) in [6.45, 7) is 2.85. The smallest absolute Gasteiger partial charge is 0.264 e. The van der Waals surface area contributed by atoms with Crippen LogP contribution in [0.4, 0.5) is 5.69 Å². The minimum atomic E-state index is -0.292. The number of para-hydroxylation sites is 1. The number of hydrogen-bond acceptors (Lipinski definition) is 5. The molecule has 3 aromatic rings. The fourth-order valence-corrected chi connectivity index (χ4v) is 4.25. The Labute approximate surface area is 210 Å². The number of benzene rings is 3. The number of carbonyl (C=O) groups excluding carboxylic acids is 1. The van der Waals surface area contributed by atoms with Gasteiger partial charge in [-0.2, -0.15) is 5.26 Å². The molecule has 1 amide bonds. The zero-order valence-electron chi connectivity index (χ0n) is 19.5. The first-order valence-corrected chi connectivity index (χ1v) is 11.7. The highest BCUT2D eigenvalue weighted by atomic mass is 35.5. The lowest BCUT2D eigenvalue weighted by atomic mass is 10.1. The monoisotopic (exact) mass is 487 g/mol. The molecule has 0 radical (unpaired) electrons. The van der Waals surface area contributed by atoms with Gasteiger partial charge in [-0.25, -0.2) is 0 Å². The van der Waals surface area contributed by atoms with Crippen LogP contribution in [0.2, 0.25) is 5.02 Å². The van der Waals surface area contributed by atoms with Crippen LogP contribution in [0.5, 0.6) is 11.5 Å². The minimum absolute atomic E-state index is 0.0502. The first kappa shape index (κ1) is 24.2. The first-order chi connectivity index (χ1) is 17.1. The van der Waals surface area contributed by atoms with E-state index in [-0.39, 0.29) is 11.5 Å². The van der Waals surface area contributed by atoms with Crippen molar-refractivity contribution in [2.45, 2.75) is 6.61 Å². The summed E-state index contributed by atoms with van der Waals surface area (Å²) in [7, 11) is 1.52. The lowest BCUT2D eigenvalue weighted by Crippen LogP contribution is -2.49. The predicted molar refractivity (Wildman–Crippen MR) is 138 cm³/mol. The van der Waals surface area contributed by atoms with Gasteiger partial charge in [0.1, 0.15) is 18.2 Å². The van der Waals surface area contributed by atoms with Crippen molar-refractivity contribution in [3.63, 3.8) is 0 Å². The van der Waals surface area contributed by atoms with Gasteiger partial charge in [0.25, 0.3) is 5.91 Å². The maximum absolute atomic E-state index is 13.1. The summed E-state index contributed by atoms with van der Waals surface area (Å²) in [5, 5.41) is 10.1. The van der Waals surface area contributed by atoms with E-state index in [0.717, 1.165) is 11.3 Å². The largest absolute Gasteiger partial charge is 0.493 e. The topological polar surface area (TPSA) is 65.8 Å². The van der Waals surface area contributed by atoms with Gasteiger partial charge in [-0.1, -0.05) is 60.1 Å². The summed E-state index contributed by atoms with van der Waals surface area (Å²) in [5.41, 5.74) is 2.77. The molecule has 0 aromatic heterocycles. The summed E-state index contributed by atoms with van der Waals surface area (Å²) in [6.07, 6.45) is 1.54. The molecule has 4 rings (SSSR count). The van der Waals surface area contributed by atoms with E-state index in [1.54, 1.807) is 23.1 Å². The van der Waals surface area contributed by atoms with E-state index in [9.17, 15) is 10.1 Å². The number of halogens is 1. The van der Waals surface area contributed by atoms with Crippen LogP contribution in [0.3, 0.4) is 0 Å². The molecule has 6 nitrogen and oxygen atoms in total. The van der Waals surface area contributed by atoms with Gasteiger partial charge >= 0.3 is 0 Å². The lowest BCUT2D eigenvalue weighted by Gasteiger charge is -2.36. The van der Waals surface area contributed by atoms with Gasteiger partial charge in [0.2, 0.25) is 0 Å². The maximum atomic E-state index is 13.1. The van der Waals surface area contributed by atoms with Crippen molar-refractivity contribution in [1.82, 2.24) is 4.90 Å². The van der Waals surface area contributed by atoms with Crippen LogP contribution in [0.25, 0.3) is 6.08 Å². The zero-order valence-corrected chi connectivity index (χ0v) is 20.2. The quantitative estimate of drug-likeness (QED) is 0.339. The molecule has 7 heteroatoms. The van der Waals surface area contributed by atoms with Gasteiger partial charge in [0, 0.05) is 31.9 Å². The Hall–Kier alpha value is -3.95. The molecule has 0 atom stereocenters. The van der Waals surface area contributed by atoms with E-state index in [1.807, 2.05) is 54.6 Å². The van der Waals surface area contributed by atoms with Crippen molar-refractivity contribution >= 4 is 29.3 Å². The Morgan fingerprint density at radius 2 is 1.69 bits per heavy atom. The number of ether oxygens (including phenoxy) is 2. The third-order valence-electron chi connectivity index (χ3n) is 5.83. The standard InChI is InChI=1S/C28H26ClN3O3/c1-34-26-18-22(17-25(29)27(26)35-20-21-8-4-2-5-9-21)16-23(19-30)28(33)32-14-12-31(13-15-32)24-10-6-3-7-11-24/h2-11,16-18H,12-15,20H2,1H3/b23-16-. The number of hydrogen-bond donors (Lipinski definition) is 0. The summed E-state index contributed by atoms with van der Waals surface area (Å²) in [4.78, 5) is 17.0. The number of nitriles is 1. The Morgan fingerprint density at radius 3 is 2.31 bits per heavy atom. The fourth-order valence-electron chi connectivity index (χ4n) is 3.98. The van der Waals surface area contributed by atoms with Crippen LogP contribution < -0.4 is 14.4 Å². The van der Waals surface area contributed by atoms with Gasteiger partial charge in [-0.3, -0.25) is 4.79 Å². The van der Waals surface area contributed by atoms with E-state index in [1.165, 1.54) is 7.11 Å². The second-order valence-corrected chi connectivity index (χ2v) is 8.50. The Morgan fingerprint density at radius 1 is 1.03 bits per heavy atom. The number of anilines is 1. The first-order valence-electron chi connectivity index (χ1n) is 11.3. The summed E-state index contributed by atoms with van der Waals surface area (Å²) >= 11 is 6.49. The van der Waals surface area contributed by atoms with Crippen molar-refractivity contribution < 1.29 is 14.3 Å². The van der Waals surface area contributed by atoms with Gasteiger partial charge in [0.05, 0.1) is 12.1 Å². The average molecular weight is 488 g/mol. The molecule has 1 aliphatic heterocycles. The number of nitrogens with zero attached hydrogens (tertiary/aromatic N) is 3. The molecular formula is C28H26ClN3O3. The molecule has 0 bridgehead atoms. The molecule has 0 aliphatic carbocycles. The summed E-state index contributed by atoms with van der Waals surface area (Å²) in [6, 6.07) is 25.3. The third-order valence-corrected chi connectivity index (χ3v) is 6.11. The van der Waals surface area contributed by atoms with Crippen LogP contribution in [-0.2, 0) is 11.4 Å². The molecule has 0 spiro atoms. The van der Waals surface area contributed by atoms with Gasteiger partial charge in [0.15, 0.2) is 11.5 Å². The van der Waals surface area contributed by atoms with E-state index < -0.39 is 0 Å². The fraction of sp³-hybridized carbons (Fsp3) is 0.214. The number of amides is 1. The Balaban J connectivity index is 1.46. The van der Waals surface area contributed by atoms with Crippen molar-refractivity contribution in [3.8, 4) is 17.6 Å². The molecule has 0 saturated carbocycles. The number of methoxy groups -OCH3 is 1. The van der Waals surface area contributed by atoms with Crippen molar-refractivity contribution in [2.24, 2.45) is 0 Å². The van der Waals surface area contributed by atoms with Crippen LogP contribution in [0.15, 0.2) is 78.4 Å². The maximum Gasteiger partial charge on any atom is 0.264 e. The van der Waals surface area contributed by atoms with Crippen LogP contribution in [0.1, 0.15) is 11.1 Å². The highest BCUT2D eigenvalue weighted by molar-refractivity contribution is 6.32. The molecule has 0 unspecified atom stereocenters. The van der Waals surface area contributed by atoms with E-state index >= 15 is 0 Å². The molecule has 0 N–H and O–H groups in total. The van der Waals surface area contributed by atoms with Crippen LogP contribution in [0, 0.1) is 11.3 Å². The molecule has 1 fully saturated rings. The molecule has 1 aliphatic rings. The zero-order chi connectivity index (χ0) is 24.6. The second kappa shape index (κ2) is 11.5. The van der Waals surface area contributed by atoms with Gasteiger partial charge in [-0.05, 0) is 41.5 Å². The van der Waals surface area contributed by atoms with Crippen LogP contribution >= 0.6 is 11.6 Å². The van der Waals surface area contributed by atoms with E-state index in [2.05, 4.69) is 17.0 Å². The van der Waals surface area contributed by atoms with Crippen molar-refractivity contribution in [3.05, 3.63) is 94.5 Å². The normalized spacial score (nSPS) is 13.8. The number of rotatable bonds is 7. The van der Waals surface area contributed by atoms with Crippen molar-refractivity contribution in [1.29, 1.82) is 5.26 Å². The molecule has 1 heterocycles. The Kier molecular flexibility index (Phi) is 7.92. The Bertz CT molecular complexity index is 1230. The highest BCUT2D eigenvalue weighted by Crippen LogP contribution is 2.37. The van der Waals surface area contributed by atoms with Crippen LogP contribution in [-0.4, -0.2) is 44.1 Å². The summed E-state index contributed by atoms with van der Waals surface area (Å²) in [5.74, 6) is 0.553. The lowest BCUT2D eigenvalue weighted by molar-refractivity contribution is -0.126. The highest BCUT2D eigenvalue weighted by Gasteiger charge is 2.24. The second-order valence-electron chi connectivity index (χ2n) is 8.09. The number of piperazine rings is 1. The predicted octanol–water partition coefficient (Wildman–Crippen LogP) is 5.18. The minimum Gasteiger partial charge on any atom is -0.493 e. The van der Waals surface area contributed by atoms with E-state index in [4.69, 9.17) is 21.1 Å². The van der Waals surface area contributed by atoms with Gasteiger partial charge < -0.3 is 19.3 Å². The average Bonchev–Trinajstić information content (AvgIpc) is 2.91. The third kappa shape index (κ3) is 5.95. The molecule has 35 heavy (non-hydrogen) atoms. The summed E-state index contributed by atoms with van der Waals surface area (Å²) < 4.78 is 11.4. The molecule has 1 saturated heterocycles. The molecule has 178 valence electrons. The SMILES string of the molecule is COc1cc(/C=C(/C#N)C(=O)N2CCN(c3ccccc3)CC2)cc(Cl)c1OCc1ccccc1. The number of carbonyl (C=O) groups is 1. The molecule has 3 aromatic carbocycles.